The Morgan fingerprint density at radius 3 is 1.43 bits per heavy atom. The molecule has 0 N–H and O–H groups in total. The molecule has 0 fully saturated rings. The van der Waals surface area contributed by atoms with E-state index < -0.39 is 6.16 Å². The first kappa shape index (κ1) is 22.7. The Labute approximate surface area is 120 Å². The molecule has 0 heterocycles. The summed E-state index contributed by atoms with van der Waals surface area (Å²) in [6, 6.07) is 0. The van der Waals surface area contributed by atoms with Gasteiger partial charge in [-0.25, -0.2) is 0 Å². The molecule has 0 saturated carbocycles. The van der Waals surface area contributed by atoms with Crippen molar-refractivity contribution < 1.29 is 116 Å². The molecule has 0 atom stereocenters. The van der Waals surface area contributed by atoms with Crippen molar-refractivity contribution in [3.8, 4) is 0 Å². The van der Waals surface area contributed by atoms with Crippen LogP contribution in [0.3, 0.4) is 0 Å². The second-order valence-electron chi connectivity index (χ2n) is 0.250. The Kier molecular flexibility index (Phi) is 51.2. The fourth-order valence-corrected chi connectivity index (χ4v) is 0. The molecular formula is CHKLiNaO3. The van der Waals surface area contributed by atoms with Gasteiger partial charge in [0.15, 0.2) is 0 Å². The van der Waals surface area contributed by atoms with Crippen LogP contribution in [0, 0.1) is 0 Å². The van der Waals surface area contributed by atoms with Gasteiger partial charge in [0.1, 0.15) is 0 Å². The maximum atomic E-state index is 8.33. The van der Waals surface area contributed by atoms with Crippen LogP contribution >= 0.6 is 0 Å². The van der Waals surface area contributed by atoms with Gasteiger partial charge in [0.2, 0.25) is 0 Å². The predicted octanol–water partition coefficient (Wildman–Crippen LogP) is -11.3. The van der Waals surface area contributed by atoms with Crippen LogP contribution in [0.1, 0.15) is 1.43 Å². The Morgan fingerprint density at radius 1 is 1.43 bits per heavy atom. The molecule has 0 unspecified atom stereocenters. The molecule has 7 heavy (non-hydrogen) atoms. The molecule has 0 spiro atoms. The molecular weight excluding hydrogens is 129 g/mol. The van der Waals surface area contributed by atoms with E-state index in [-0.39, 0.29) is 101 Å². The van der Waals surface area contributed by atoms with Crippen LogP contribution in [0.25, 0.3) is 0 Å². The molecule has 0 radical (unpaired) electrons. The summed E-state index contributed by atoms with van der Waals surface area (Å²) in [6.45, 7) is 0. The van der Waals surface area contributed by atoms with Crippen molar-refractivity contribution in [1.82, 2.24) is 0 Å². The third-order valence-electron chi connectivity index (χ3n) is 0. The molecule has 26 valence electrons. The minimum Gasteiger partial charge on any atom is -1.00 e. The first-order chi connectivity index (χ1) is 1.73. The summed E-state index contributed by atoms with van der Waals surface area (Å²) in [4.78, 5) is 8.33. The SMILES string of the molecule is O=C([O-])[O-].[H-].[K+].[Li+].[Na+]. The van der Waals surface area contributed by atoms with Crippen molar-refractivity contribution in [3.05, 3.63) is 0 Å². The molecule has 3 nitrogen and oxygen atoms in total. The fourth-order valence-electron chi connectivity index (χ4n) is 0. The van der Waals surface area contributed by atoms with Crippen LogP contribution in [0.2, 0.25) is 0 Å². The molecule has 6 heteroatoms. The maximum Gasteiger partial charge on any atom is 1.00 e. The van der Waals surface area contributed by atoms with E-state index in [1.165, 1.54) is 0 Å². The summed E-state index contributed by atoms with van der Waals surface area (Å²) in [5.41, 5.74) is 0. The quantitative estimate of drug-likeness (QED) is 0.306. The number of carbonyl (C=O) groups is 1. The Balaban J connectivity index is -0.00000000750. The van der Waals surface area contributed by atoms with Crippen LogP contribution < -0.4 is 110 Å². The Hall–Kier alpha value is 2.50. The number of hydrogen-bond donors (Lipinski definition) is 0. The van der Waals surface area contributed by atoms with E-state index in [2.05, 4.69) is 0 Å². The second-order valence-corrected chi connectivity index (χ2v) is 0.250. The predicted molar refractivity (Wildman–Crippen MR) is 6.51 cm³/mol. The van der Waals surface area contributed by atoms with E-state index in [1.54, 1.807) is 0 Å². The summed E-state index contributed by atoms with van der Waals surface area (Å²) in [7, 11) is 0. The normalized spacial score (nSPS) is 3.43. The zero-order valence-electron chi connectivity index (χ0n) is 5.72. The number of carboxylic acid groups (broad SMARTS) is 2. The summed E-state index contributed by atoms with van der Waals surface area (Å²) in [5, 5.41) is 16.7. The van der Waals surface area contributed by atoms with Gasteiger partial charge < -0.3 is 16.4 Å². The summed E-state index contributed by atoms with van der Waals surface area (Å²) < 4.78 is 0. The van der Waals surface area contributed by atoms with Gasteiger partial charge in [0, 0.05) is 0 Å². The van der Waals surface area contributed by atoms with E-state index in [1.807, 2.05) is 0 Å². The van der Waals surface area contributed by atoms with Gasteiger partial charge in [-0.2, -0.15) is 0 Å². The number of rotatable bonds is 0. The summed E-state index contributed by atoms with van der Waals surface area (Å²) >= 11 is 0. The molecule has 0 aromatic heterocycles. The first-order valence-corrected chi connectivity index (χ1v) is 0.612. The molecule has 0 aliphatic heterocycles. The monoisotopic (exact) mass is 130 g/mol. The van der Waals surface area contributed by atoms with E-state index in [0.717, 1.165) is 0 Å². The van der Waals surface area contributed by atoms with Gasteiger partial charge >= 0.3 is 99.8 Å². The van der Waals surface area contributed by atoms with Gasteiger partial charge in [0.25, 0.3) is 0 Å². The van der Waals surface area contributed by atoms with Gasteiger partial charge in [0.05, 0.1) is 0 Å². The van der Waals surface area contributed by atoms with Gasteiger partial charge in [-0.1, -0.05) is 0 Å². The standard InChI is InChI=1S/CH2O3.K.Li.Na.H/c2-1(3)4;;;;/h(H2,2,3,4);;;;/q;3*+1;-1/p-2. The summed E-state index contributed by atoms with van der Waals surface area (Å²) in [5.74, 6) is 0. The molecule has 0 rings (SSSR count). The van der Waals surface area contributed by atoms with E-state index in [0.29, 0.717) is 0 Å². The van der Waals surface area contributed by atoms with E-state index in [9.17, 15) is 0 Å². The van der Waals surface area contributed by atoms with Crippen molar-refractivity contribution in [2.75, 3.05) is 0 Å². The number of hydrogen-bond acceptors (Lipinski definition) is 3. The Bertz CT molecular complexity index is 42.3. The van der Waals surface area contributed by atoms with Gasteiger partial charge in [-0.3, -0.25) is 0 Å². The molecule has 0 saturated heterocycles. The van der Waals surface area contributed by atoms with Crippen molar-refractivity contribution in [2.24, 2.45) is 0 Å². The first-order valence-electron chi connectivity index (χ1n) is 0.612. The average molecular weight is 130 g/mol. The van der Waals surface area contributed by atoms with Crippen molar-refractivity contribution >= 4 is 6.16 Å². The van der Waals surface area contributed by atoms with Crippen LogP contribution in [0.4, 0.5) is 4.79 Å². The zero-order chi connectivity index (χ0) is 3.58. The van der Waals surface area contributed by atoms with Crippen LogP contribution in [-0.4, -0.2) is 6.16 Å². The van der Waals surface area contributed by atoms with E-state index >= 15 is 0 Å². The minimum atomic E-state index is -2.33. The van der Waals surface area contributed by atoms with E-state index in [4.69, 9.17) is 15.0 Å². The molecule has 0 aliphatic rings. The minimum absolute atomic E-state index is 0. The van der Waals surface area contributed by atoms with Gasteiger partial charge in [-0.15, -0.1) is 0 Å². The molecule has 0 aliphatic carbocycles. The molecule has 0 amide bonds. The number of carbonyl (C=O) groups excluding carboxylic acids is 1. The summed E-state index contributed by atoms with van der Waals surface area (Å²) in [6.07, 6.45) is -2.33. The van der Waals surface area contributed by atoms with Crippen molar-refractivity contribution in [1.29, 1.82) is 0 Å². The Morgan fingerprint density at radius 2 is 1.43 bits per heavy atom. The smallest absolute Gasteiger partial charge is 1.00 e. The largest absolute Gasteiger partial charge is 1.00 e. The zero-order valence-corrected chi connectivity index (χ0v) is 9.85. The van der Waals surface area contributed by atoms with Crippen molar-refractivity contribution in [3.63, 3.8) is 0 Å². The van der Waals surface area contributed by atoms with Crippen LogP contribution in [0.5, 0.6) is 0 Å². The fraction of sp³-hybridized carbons (Fsp3) is 0. The van der Waals surface area contributed by atoms with Crippen molar-refractivity contribution in [2.45, 2.75) is 0 Å². The third kappa shape index (κ3) is 57.4. The van der Waals surface area contributed by atoms with Crippen LogP contribution in [-0.2, 0) is 0 Å². The maximum absolute atomic E-state index is 8.33. The molecule has 0 aromatic rings. The van der Waals surface area contributed by atoms with Crippen LogP contribution in [0.15, 0.2) is 0 Å². The second kappa shape index (κ2) is 15.8. The molecule has 0 bridgehead atoms. The average Bonchev–Trinajstić information content (AvgIpc) is 0.811. The van der Waals surface area contributed by atoms with Gasteiger partial charge in [-0.05, 0) is 6.16 Å². The topological polar surface area (TPSA) is 63.2 Å². The molecule has 0 aromatic carbocycles. The third-order valence-corrected chi connectivity index (χ3v) is 0.